The predicted molar refractivity (Wildman–Crippen MR) is 99.3 cm³/mol. The SMILES string of the molecule is Cc1c(C(=O)O[C@H](C)C(=O)Nc2ccc(Cl)cn2)sc2cccc(F)c12. The lowest BCUT2D eigenvalue weighted by atomic mass is 10.1. The number of amides is 1. The molecule has 1 atom stereocenters. The van der Waals surface area contributed by atoms with E-state index in [0.717, 1.165) is 11.3 Å². The van der Waals surface area contributed by atoms with E-state index in [2.05, 4.69) is 10.3 Å². The minimum Gasteiger partial charge on any atom is -0.448 e. The van der Waals surface area contributed by atoms with Crippen molar-refractivity contribution in [2.75, 3.05) is 5.32 Å². The van der Waals surface area contributed by atoms with Crippen molar-refractivity contribution >= 4 is 50.7 Å². The van der Waals surface area contributed by atoms with Crippen LogP contribution in [0.2, 0.25) is 5.02 Å². The van der Waals surface area contributed by atoms with Crippen LogP contribution < -0.4 is 5.32 Å². The maximum atomic E-state index is 14.0. The average Bonchev–Trinajstić information content (AvgIpc) is 2.95. The van der Waals surface area contributed by atoms with Gasteiger partial charge in [-0.1, -0.05) is 17.7 Å². The van der Waals surface area contributed by atoms with Crippen molar-refractivity contribution < 1.29 is 18.7 Å². The average molecular weight is 393 g/mol. The Hall–Kier alpha value is -2.51. The Morgan fingerprint density at radius 3 is 2.73 bits per heavy atom. The van der Waals surface area contributed by atoms with Gasteiger partial charge in [-0.3, -0.25) is 4.79 Å². The smallest absolute Gasteiger partial charge is 0.349 e. The number of nitrogens with zero attached hydrogens (tertiary/aromatic N) is 1. The van der Waals surface area contributed by atoms with E-state index in [1.165, 1.54) is 25.3 Å². The monoisotopic (exact) mass is 392 g/mol. The van der Waals surface area contributed by atoms with E-state index in [1.807, 2.05) is 0 Å². The van der Waals surface area contributed by atoms with Crippen LogP contribution in [0.5, 0.6) is 0 Å². The molecular weight excluding hydrogens is 379 g/mol. The zero-order valence-electron chi connectivity index (χ0n) is 13.9. The van der Waals surface area contributed by atoms with Gasteiger partial charge in [-0.25, -0.2) is 14.2 Å². The van der Waals surface area contributed by atoms with Crippen molar-refractivity contribution in [1.29, 1.82) is 0 Å². The van der Waals surface area contributed by atoms with Crippen molar-refractivity contribution in [3.05, 3.63) is 57.8 Å². The van der Waals surface area contributed by atoms with Gasteiger partial charge in [0.25, 0.3) is 5.91 Å². The zero-order chi connectivity index (χ0) is 18.8. The summed E-state index contributed by atoms with van der Waals surface area (Å²) in [6, 6.07) is 7.77. The molecule has 0 spiro atoms. The lowest BCUT2D eigenvalue weighted by Crippen LogP contribution is -2.30. The highest BCUT2D eigenvalue weighted by Crippen LogP contribution is 2.33. The Morgan fingerprint density at radius 2 is 2.08 bits per heavy atom. The minimum atomic E-state index is -1.05. The van der Waals surface area contributed by atoms with Gasteiger partial charge in [-0.05, 0) is 43.7 Å². The third-order valence-electron chi connectivity index (χ3n) is 3.72. The Bertz CT molecular complexity index is 988. The molecule has 2 aromatic heterocycles. The van der Waals surface area contributed by atoms with Crippen molar-refractivity contribution in [2.45, 2.75) is 20.0 Å². The van der Waals surface area contributed by atoms with Crippen LogP contribution in [-0.2, 0) is 9.53 Å². The summed E-state index contributed by atoms with van der Waals surface area (Å²) >= 11 is 6.87. The number of aryl methyl sites for hydroxylation is 1. The van der Waals surface area contributed by atoms with E-state index in [9.17, 15) is 14.0 Å². The fraction of sp³-hybridized carbons (Fsp3) is 0.167. The highest BCUT2D eigenvalue weighted by molar-refractivity contribution is 7.21. The number of benzene rings is 1. The van der Waals surface area contributed by atoms with Gasteiger partial charge in [-0.2, -0.15) is 0 Å². The molecule has 0 aliphatic rings. The summed E-state index contributed by atoms with van der Waals surface area (Å²) in [4.78, 5) is 28.8. The molecule has 134 valence electrons. The number of carbonyl (C=O) groups is 2. The Kier molecular flexibility index (Phi) is 5.20. The van der Waals surface area contributed by atoms with Crippen molar-refractivity contribution in [2.24, 2.45) is 0 Å². The Morgan fingerprint density at radius 1 is 1.31 bits per heavy atom. The topological polar surface area (TPSA) is 68.3 Å². The van der Waals surface area contributed by atoms with Gasteiger partial charge in [-0.15, -0.1) is 11.3 Å². The lowest BCUT2D eigenvalue weighted by Gasteiger charge is -2.13. The largest absolute Gasteiger partial charge is 0.448 e. The maximum Gasteiger partial charge on any atom is 0.349 e. The van der Waals surface area contributed by atoms with Gasteiger partial charge >= 0.3 is 5.97 Å². The first-order chi connectivity index (χ1) is 12.4. The molecule has 5 nitrogen and oxygen atoms in total. The Labute approximate surface area is 157 Å². The number of anilines is 1. The van der Waals surface area contributed by atoms with Gasteiger partial charge in [0.2, 0.25) is 0 Å². The summed E-state index contributed by atoms with van der Waals surface area (Å²) in [7, 11) is 0. The number of halogens is 2. The summed E-state index contributed by atoms with van der Waals surface area (Å²) in [5.74, 6) is -1.30. The second-order valence-electron chi connectivity index (χ2n) is 5.57. The predicted octanol–water partition coefficient (Wildman–Crippen LogP) is 4.58. The van der Waals surface area contributed by atoms with Gasteiger partial charge < -0.3 is 10.1 Å². The van der Waals surface area contributed by atoms with E-state index in [1.54, 1.807) is 25.1 Å². The normalized spacial score (nSPS) is 12.0. The number of thiophene rings is 1. The molecule has 0 radical (unpaired) electrons. The standard InChI is InChI=1S/C18H14ClFN2O3S/c1-9-15-12(20)4-3-5-13(15)26-16(9)18(24)25-10(2)17(23)22-14-7-6-11(19)8-21-14/h3-8,10H,1-2H3,(H,21,22,23)/t10-/m1/s1. The molecule has 1 aromatic carbocycles. The van der Waals surface area contributed by atoms with Crippen LogP contribution in [0.3, 0.4) is 0 Å². The number of fused-ring (bicyclic) bond motifs is 1. The number of nitrogens with one attached hydrogen (secondary N) is 1. The molecule has 1 N–H and O–H groups in total. The molecule has 2 heterocycles. The maximum absolute atomic E-state index is 14.0. The summed E-state index contributed by atoms with van der Waals surface area (Å²) in [6.45, 7) is 3.10. The number of hydrogen-bond acceptors (Lipinski definition) is 5. The van der Waals surface area contributed by atoms with Crippen molar-refractivity contribution in [3.63, 3.8) is 0 Å². The highest BCUT2D eigenvalue weighted by atomic mass is 35.5. The zero-order valence-corrected chi connectivity index (χ0v) is 15.5. The number of esters is 1. The van der Waals surface area contributed by atoms with Crippen LogP contribution in [0.4, 0.5) is 10.2 Å². The molecule has 0 saturated heterocycles. The summed E-state index contributed by atoms with van der Waals surface area (Å²) in [6.07, 6.45) is 0.345. The molecule has 26 heavy (non-hydrogen) atoms. The molecule has 0 unspecified atom stereocenters. The summed E-state index contributed by atoms with van der Waals surface area (Å²) < 4.78 is 19.8. The summed E-state index contributed by atoms with van der Waals surface area (Å²) in [5.41, 5.74) is 0.500. The van der Waals surface area contributed by atoms with Gasteiger partial charge in [0.1, 0.15) is 16.5 Å². The first-order valence-corrected chi connectivity index (χ1v) is 8.87. The molecule has 8 heteroatoms. The van der Waals surface area contributed by atoms with E-state index >= 15 is 0 Å². The fourth-order valence-corrected chi connectivity index (χ4v) is 3.61. The van der Waals surface area contributed by atoms with E-state index < -0.39 is 23.8 Å². The molecule has 0 aliphatic heterocycles. The molecule has 0 aliphatic carbocycles. The van der Waals surface area contributed by atoms with Crippen molar-refractivity contribution in [3.8, 4) is 0 Å². The lowest BCUT2D eigenvalue weighted by molar-refractivity contribution is -0.123. The van der Waals surface area contributed by atoms with Crippen LogP contribution in [0.1, 0.15) is 22.2 Å². The van der Waals surface area contributed by atoms with Crippen LogP contribution in [0.15, 0.2) is 36.5 Å². The molecule has 0 bridgehead atoms. The van der Waals surface area contributed by atoms with Gasteiger partial charge in [0, 0.05) is 16.3 Å². The van der Waals surface area contributed by atoms with Crippen molar-refractivity contribution in [1.82, 2.24) is 4.98 Å². The first kappa shape index (κ1) is 18.3. The van der Waals surface area contributed by atoms with E-state index in [0.29, 0.717) is 26.5 Å². The molecule has 1 amide bonds. The van der Waals surface area contributed by atoms with Gasteiger partial charge in [0.05, 0.1) is 5.02 Å². The number of carbonyl (C=O) groups excluding carboxylic acids is 2. The molecule has 0 saturated carbocycles. The highest BCUT2D eigenvalue weighted by Gasteiger charge is 2.23. The second kappa shape index (κ2) is 7.39. The van der Waals surface area contributed by atoms with Crippen LogP contribution >= 0.6 is 22.9 Å². The Balaban J connectivity index is 1.73. The summed E-state index contributed by atoms with van der Waals surface area (Å²) in [5, 5.41) is 3.37. The molecule has 0 fully saturated rings. The number of pyridine rings is 1. The molecule has 3 aromatic rings. The quantitative estimate of drug-likeness (QED) is 0.660. The number of aromatic nitrogens is 1. The van der Waals surface area contributed by atoms with Crippen LogP contribution in [0, 0.1) is 12.7 Å². The van der Waals surface area contributed by atoms with Gasteiger partial charge in [0.15, 0.2) is 6.10 Å². The van der Waals surface area contributed by atoms with Crippen LogP contribution in [0.25, 0.3) is 10.1 Å². The second-order valence-corrected chi connectivity index (χ2v) is 7.06. The molecular formula is C18H14ClFN2O3S. The number of rotatable bonds is 4. The number of hydrogen-bond donors (Lipinski definition) is 1. The third kappa shape index (κ3) is 3.68. The number of ether oxygens (including phenoxy) is 1. The minimum absolute atomic E-state index is 0.273. The van der Waals surface area contributed by atoms with Crippen LogP contribution in [-0.4, -0.2) is 23.0 Å². The molecule has 3 rings (SSSR count). The fourth-order valence-electron chi connectivity index (χ4n) is 2.39. The van der Waals surface area contributed by atoms with E-state index in [4.69, 9.17) is 16.3 Å². The van der Waals surface area contributed by atoms with E-state index in [-0.39, 0.29) is 4.88 Å². The third-order valence-corrected chi connectivity index (χ3v) is 5.18. The first-order valence-electron chi connectivity index (χ1n) is 7.68.